The molecule has 1 N–H and O–H groups in total. The Kier molecular flexibility index (Phi) is 5.51. The minimum absolute atomic E-state index is 0.518. The molecule has 0 bridgehead atoms. The molecule has 2 heterocycles. The highest BCUT2D eigenvalue weighted by Gasteiger charge is 2.33. The molecular formula is C17H18ClN3O3. The van der Waals surface area contributed by atoms with E-state index in [2.05, 4.69) is 15.0 Å². The lowest BCUT2D eigenvalue weighted by Gasteiger charge is -2.11. The molecule has 0 aliphatic carbocycles. The smallest absolute Gasteiger partial charge is 0.300 e. The van der Waals surface area contributed by atoms with E-state index in [0.717, 1.165) is 30.4 Å². The molecule has 1 aliphatic rings. The highest BCUT2D eigenvalue weighted by Crippen LogP contribution is 2.33. The zero-order valence-corrected chi connectivity index (χ0v) is 14.4. The maximum Gasteiger partial charge on any atom is 0.300 e. The molecule has 0 atom stereocenters. The van der Waals surface area contributed by atoms with Gasteiger partial charge >= 0.3 is 0 Å². The third kappa shape index (κ3) is 4.08. The summed E-state index contributed by atoms with van der Waals surface area (Å²) in [5, 5.41) is 8.12. The van der Waals surface area contributed by atoms with Gasteiger partial charge < -0.3 is 9.52 Å². The van der Waals surface area contributed by atoms with Crippen LogP contribution < -0.4 is 0 Å². The van der Waals surface area contributed by atoms with Crippen LogP contribution in [0.1, 0.15) is 32.4 Å². The number of hydrogen-bond donors (Lipinski definition) is 1. The zero-order chi connectivity index (χ0) is 17.7. The van der Waals surface area contributed by atoms with E-state index < -0.39 is 11.6 Å². The van der Waals surface area contributed by atoms with Gasteiger partial charge in [-0.05, 0) is 19.1 Å². The molecule has 1 aromatic carbocycles. The van der Waals surface area contributed by atoms with Crippen LogP contribution in [0.15, 0.2) is 38.7 Å². The molecule has 1 aliphatic heterocycles. The number of carboxylic acids is 1. The third-order valence-corrected chi connectivity index (χ3v) is 3.51. The number of aromatic nitrogens is 1. The quantitative estimate of drug-likeness (QED) is 0.909. The lowest BCUT2D eigenvalue weighted by Crippen LogP contribution is -2.13. The number of nitrogens with zero attached hydrogens (tertiary/aromatic N) is 3. The number of halogens is 1. The molecule has 3 rings (SSSR count). The minimum atomic E-state index is -0.833. The number of oxazole rings is 1. The van der Waals surface area contributed by atoms with Gasteiger partial charge in [0.25, 0.3) is 5.97 Å². The molecule has 1 aromatic heterocycles. The van der Waals surface area contributed by atoms with E-state index in [1.54, 1.807) is 12.4 Å². The third-order valence-electron chi connectivity index (χ3n) is 3.26. The standard InChI is InChI=1S/C15H14ClN3O.C2H4O2/c1-3-12-13(10-4-6-11(16)7-5-10)19-14(20-12)15(2)17-8-9-18-15;1-2(3)4/h4-9H,3H2,1-2H3;1H3,(H,3,4). The second-order valence-electron chi connectivity index (χ2n) is 5.25. The van der Waals surface area contributed by atoms with Crippen molar-refractivity contribution < 1.29 is 14.3 Å². The molecule has 24 heavy (non-hydrogen) atoms. The fourth-order valence-electron chi connectivity index (χ4n) is 2.13. The largest absolute Gasteiger partial charge is 0.481 e. The summed E-state index contributed by atoms with van der Waals surface area (Å²) in [7, 11) is 0. The molecule has 0 saturated carbocycles. The monoisotopic (exact) mass is 347 g/mol. The molecule has 2 aromatic rings. The summed E-state index contributed by atoms with van der Waals surface area (Å²) in [6.45, 7) is 5.00. The summed E-state index contributed by atoms with van der Waals surface area (Å²) in [4.78, 5) is 22.2. The first-order valence-electron chi connectivity index (χ1n) is 7.40. The van der Waals surface area contributed by atoms with Gasteiger partial charge in [0.2, 0.25) is 11.6 Å². The molecule has 0 spiro atoms. The Morgan fingerprint density at radius 3 is 2.29 bits per heavy atom. The summed E-state index contributed by atoms with van der Waals surface area (Å²) in [5.41, 5.74) is 1.07. The Morgan fingerprint density at radius 2 is 1.79 bits per heavy atom. The van der Waals surface area contributed by atoms with Crippen molar-refractivity contribution >= 4 is 30.0 Å². The van der Waals surface area contributed by atoms with Gasteiger partial charge in [-0.2, -0.15) is 0 Å². The van der Waals surface area contributed by atoms with Crippen molar-refractivity contribution in [3.05, 3.63) is 40.9 Å². The second kappa shape index (κ2) is 7.40. The van der Waals surface area contributed by atoms with Gasteiger partial charge in [-0.1, -0.05) is 30.7 Å². The average Bonchev–Trinajstić information content (AvgIpc) is 3.15. The SMILES string of the molecule is CC(=O)O.CCc1oc(C2(C)N=CC=N2)nc1-c1ccc(Cl)cc1. The van der Waals surface area contributed by atoms with Crippen LogP contribution in [0.25, 0.3) is 11.3 Å². The lowest BCUT2D eigenvalue weighted by molar-refractivity contribution is -0.134. The van der Waals surface area contributed by atoms with E-state index >= 15 is 0 Å². The van der Waals surface area contributed by atoms with Crippen molar-refractivity contribution in [3.8, 4) is 11.3 Å². The van der Waals surface area contributed by atoms with Gasteiger partial charge in [-0.25, -0.2) is 4.98 Å². The van der Waals surface area contributed by atoms with Crippen LogP contribution >= 0.6 is 11.6 Å². The molecule has 0 unspecified atom stereocenters. The molecular weight excluding hydrogens is 330 g/mol. The topological polar surface area (TPSA) is 88.0 Å². The number of aliphatic imine (C=N–C) groups is 2. The van der Waals surface area contributed by atoms with Crippen molar-refractivity contribution in [2.45, 2.75) is 32.9 Å². The molecule has 0 fully saturated rings. The number of aliphatic carboxylic acids is 1. The van der Waals surface area contributed by atoms with Crippen LogP contribution in [0.2, 0.25) is 5.02 Å². The van der Waals surface area contributed by atoms with Crippen LogP contribution in [0, 0.1) is 0 Å². The number of aryl methyl sites for hydroxylation is 1. The van der Waals surface area contributed by atoms with Crippen LogP contribution in [-0.2, 0) is 16.9 Å². The fraction of sp³-hybridized carbons (Fsp3) is 0.294. The number of carboxylic acid groups (broad SMARTS) is 1. The summed E-state index contributed by atoms with van der Waals surface area (Å²) < 4.78 is 5.86. The first-order valence-corrected chi connectivity index (χ1v) is 7.78. The van der Waals surface area contributed by atoms with E-state index in [-0.39, 0.29) is 0 Å². The van der Waals surface area contributed by atoms with Crippen molar-refractivity contribution in [2.75, 3.05) is 0 Å². The average molecular weight is 348 g/mol. The van der Waals surface area contributed by atoms with Gasteiger partial charge in [-0.15, -0.1) is 0 Å². The highest BCUT2D eigenvalue weighted by atomic mass is 35.5. The molecule has 6 nitrogen and oxygen atoms in total. The summed E-state index contributed by atoms with van der Waals surface area (Å²) >= 11 is 5.92. The van der Waals surface area contributed by atoms with E-state index in [0.29, 0.717) is 10.9 Å². The molecule has 0 radical (unpaired) electrons. The minimum Gasteiger partial charge on any atom is -0.481 e. The van der Waals surface area contributed by atoms with Gasteiger partial charge in [0.05, 0.1) is 0 Å². The Labute approximate surface area is 144 Å². The predicted octanol–water partition coefficient (Wildman–Crippen LogP) is 3.98. The first-order chi connectivity index (χ1) is 11.4. The summed E-state index contributed by atoms with van der Waals surface area (Å²) in [6, 6.07) is 7.57. The number of hydrogen-bond acceptors (Lipinski definition) is 5. The maximum absolute atomic E-state index is 9.00. The van der Waals surface area contributed by atoms with E-state index in [1.165, 1.54) is 0 Å². The molecule has 126 valence electrons. The number of benzene rings is 1. The van der Waals surface area contributed by atoms with Crippen LogP contribution in [0.3, 0.4) is 0 Å². The van der Waals surface area contributed by atoms with Crippen LogP contribution in [0.4, 0.5) is 0 Å². The predicted molar refractivity (Wildman–Crippen MR) is 94.0 cm³/mol. The molecule has 0 saturated heterocycles. The second-order valence-corrected chi connectivity index (χ2v) is 5.68. The van der Waals surface area contributed by atoms with E-state index in [1.807, 2.05) is 38.1 Å². The maximum atomic E-state index is 9.00. The van der Waals surface area contributed by atoms with Crippen LogP contribution in [-0.4, -0.2) is 28.5 Å². The Balaban J connectivity index is 0.000000471. The molecule has 0 amide bonds. The lowest BCUT2D eigenvalue weighted by atomic mass is 10.1. The Morgan fingerprint density at radius 1 is 1.25 bits per heavy atom. The summed E-state index contributed by atoms with van der Waals surface area (Å²) in [6.07, 6.45) is 4.09. The van der Waals surface area contributed by atoms with Crippen molar-refractivity contribution in [1.29, 1.82) is 0 Å². The number of carbonyl (C=O) groups is 1. The van der Waals surface area contributed by atoms with Gasteiger partial charge in [0, 0.05) is 36.4 Å². The Bertz CT molecular complexity index is 763. The van der Waals surface area contributed by atoms with Crippen molar-refractivity contribution in [1.82, 2.24) is 4.98 Å². The van der Waals surface area contributed by atoms with Gasteiger partial charge in [-0.3, -0.25) is 14.8 Å². The molecule has 7 heteroatoms. The van der Waals surface area contributed by atoms with E-state index in [4.69, 9.17) is 25.9 Å². The first kappa shape index (κ1) is 17.9. The van der Waals surface area contributed by atoms with Crippen molar-refractivity contribution in [2.24, 2.45) is 9.98 Å². The normalized spacial score (nSPS) is 14.3. The summed E-state index contributed by atoms with van der Waals surface area (Å²) in [5.74, 6) is 0.519. The van der Waals surface area contributed by atoms with Crippen LogP contribution in [0.5, 0.6) is 0 Å². The van der Waals surface area contributed by atoms with E-state index in [9.17, 15) is 0 Å². The highest BCUT2D eigenvalue weighted by molar-refractivity contribution is 6.30. The zero-order valence-electron chi connectivity index (χ0n) is 13.7. The van der Waals surface area contributed by atoms with Crippen molar-refractivity contribution in [3.63, 3.8) is 0 Å². The Hall–Kier alpha value is -2.47. The fourth-order valence-corrected chi connectivity index (χ4v) is 2.25. The van der Waals surface area contributed by atoms with Gasteiger partial charge in [0.15, 0.2) is 0 Å². The van der Waals surface area contributed by atoms with Gasteiger partial charge in [0.1, 0.15) is 11.5 Å². The number of rotatable bonds is 3.